The molecule has 0 spiro atoms. The van der Waals surface area contributed by atoms with Crippen LogP contribution in [0.1, 0.15) is 0 Å². The van der Waals surface area contributed by atoms with Crippen LogP contribution in [-0.2, 0) is 0 Å². The molecule has 0 unspecified atom stereocenters. The smallest absolute Gasteiger partial charge is 0.418 e. The molecule has 13 heavy (non-hydrogen) atoms. The number of carbonyl (C=O) groups excluding carboxylic acids is 1. The van der Waals surface area contributed by atoms with E-state index in [2.05, 4.69) is 5.32 Å². The van der Waals surface area contributed by atoms with Gasteiger partial charge in [-0.25, -0.2) is 4.42 Å². The zero-order valence-electron chi connectivity index (χ0n) is 7.94. The molecule has 0 radical (unpaired) electrons. The summed E-state index contributed by atoms with van der Waals surface area (Å²) in [6.45, 7) is 0. The second-order valence-corrected chi connectivity index (χ2v) is 2.15. The fraction of sp³-hybridized carbons (Fsp3) is 0.800. The van der Waals surface area contributed by atoms with Crippen molar-refractivity contribution in [3.63, 3.8) is 0 Å². The van der Waals surface area contributed by atoms with Crippen LogP contribution in [-0.4, -0.2) is 46.4 Å². The van der Waals surface area contributed by atoms with Gasteiger partial charge in [0.2, 0.25) is 0 Å². The third kappa shape index (κ3) is 18.2. The summed E-state index contributed by atoms with van der Waals surface area (Å²) < 4.78 is 43.9. The Morgan fingerprint density at radius 3 is 1.54 bits per heavy atom. The first kappa shape index (κ1) is 14.6. The molecule has 0 saturated heterocycles. The van der Waals surface area contributed by atoms with E-state index >= 15 is 0 Å². The zero-order valence-corrected chi connectivity index (χ0v) is 7.94. The van der Waals surface area contributed by atoms with E-state index < -0.39 is 7.25 Å². The summed E-state index contributed by atoms with van der Waals surface area (Å²) >= 11 is 0. The van der Waals surface area contributed by atoms with Gasteiger partial charge >= 0.3 is 13.3 Å². The highest BCUT2D eigenvalue weighted by Gasteiger charge is 2.20. The van der Waals surface area contributed by atoms with Gasteiger partial charge in [0.05, 0.1) is 0 Å². The van der Waals surface area contributed by atoms with Crippen LogP contribution in [0.3, 0.4) is 0 Å². The lowest BCUT2D eigenvalue weighted by Gasteiger charge is -2.02. The number of amides is 2. The van der Waals surface area contributed by atoms with Crippen LogP contribution in [0.2, 0.25) is 0 Å². The fourth-order valence-corrected chi connectivity index (χ4v) is 0.508. The van der Waals surface area contributed by atoms with E-state index in [0.717, 1.165) is 6.03 Å². The third-order valence-electron chi connectivity index (χ3n) is 0.813. The van der Waals surface area contributed by atoms with Crippen molar-refractivity contribution < 1.29 is 21.7 Å². The average Bonchev–Trinajstić information content (AvgIpc) is 1.85. The van der Waals surface area contributed by atoms with E-state index in [0.29, 0.717) is 0 Å². The molecule has 1 N–H and O–H groups in total. The normalized spacial score (nSPS) is 11.5. The van der Waals surface area contributed by atoms with Crippen LogP contribution in [0.15, 0.2) is 0 Å². The minimum absolute atomic E-state index is 0.769. The molecule has 80 valence electrons. The van der Waals surface area contributed by atoms with Gasteiger partial charge in [-0.05, 0) is 0 Å². The van der Waals surface area contributed by atoms with Gasteiger partial charge in [-0.15, -0.1) is 0 Å². The van der Waals surface area contributed by atoms with E-state index in [1.165, 1.54) is 0 Å². The first-order valence-electron chi connectivity index (χ1n) is 3.35. The monoisotopic (exact) mass is 204 g/mol. The molecule has 0 aromatic heterocycles. The lowest BCUT2D eigenvalue weighted by atomic mass is 10.3. The first-order chi connectivity index (χ1) is 5.72. The van der Waals surface area contributed by atoms with Gasteiger partial charge in [-0.3, -0.25) is 10.2 Å². The molecule has 3 nitrogen and oxygen atoms in total. The van der Waals surface area contributed by atoms with Gasteiger partial charge in [0, 0.05) is 21.1 Å². The predicted octanol–water partition coefficient (Wildman–Crippen LogP) is 1.35. The molecule has 0 fully saturated rings. The Balaban J connectivity index is 0. The van der Waals surface area contributed by atoms with Crippen molar-refractivity contribution in [1.82, 2.24) is 10.2 Å². The second-order valence-electron chi connectivity index (χ2n) is 2.15. The highest BCUT2D eigenvalue weighted by Crippen LogP contribution is 2.06. The summed E-state index contributed by atoms with van der Waals surface area (Å²) in [5.41, 5.74) is 0. The summed E-state index contributed by atoms with van der Waals surface area (Å²) in [7, 11) is 1.27. The largest absolute Gasteiger partial charge is 0.673 e. The summed E-state index contributed by atoms with van der Waals surface area (Å²) in [6, 6.07) is 0.769. The quantitative estimate of drug-likeness (QED) is 0.350. The second kappa shape index (κ2) is 6.56. The predicted molar refractivity (Wildman–Crippen MR) is 44.3 cm³/mol. The summed E-state index contributed by atoms with van der Waals surface area (Å²) in [5, 5.41) is 2.87. The van der Waals surface area contributed by atoms with Gasteiger partial charge in [0.1, 0.15) is 0 Å². The Kier molecular flexibility index (Phi) is 7.35. The summed E-state index contributed by atoms with van der Waals surface area (Å²) in [5.74, 6) is 0. The third-order valence-corrected chi connectivity index (χ3v) is 0.813. The van der Waals surface area contributed by atoms with Crippen LogP contribution in [0.4, 0.5) is 21.7 Å². The number of hydrogen-bond acceptors (Lipinski definition) is 0. The number of hydrogen-bond donors (Lipinski definition) is 1. The van der Waals surface area contributed by atoms with Crippen molar-refractivity contribution in [2.75, 3.05) is 28.3 Å². The van der Waals surface area contributed by atoms with E-state index in [4.69, 9.17) is 4.42 Å². The van der Waals surface area contributed by atoms with Crippen LogP contribution in [0.25, 0.3) is 0 Å². The first-order valence-corrected chi connectivity index (χ1v) is 3.35. The zero-order chi connectivity index (χ0) is 11.1. The Hall–Kier alpha value is -0.945. The molecule has 0 rings (SSSR count). The molecule has 0 bridgehead atoms. The van der Waals surface area contributed by atoms with Gasteiger partial charge in [0.25, 0.3) is 7.11 Å². The highest BCUT2D eigenvalue weighted by atomic mass is 19.5. The Morgan fingerprint density at radius 2 is 1.54 bits per heavy atom. The highest BCUT2D eigenvalue weighted by molar-refractivity contribution is 6.50. The molecule has 8 heteroatoms. The van der Waals surface area contributed by atoms with E-state index in [1.54, 1.807) is 7.11 Å². The van der Waals surface area contributed by atoms with Crippen LogP contribution >= 0.6 is 0 Å². The molecule has 2 amide bonds. The molecule has 0 aliphatic rings. The SMILES string of the molecule is CNC(=[O+]C)N(C)C.F[B-](F)(F)F. The Morgan fingerprint density at radius 1 is 1.23 bits per heavy atom. The number of nitrogens with one attached hydrogen (secondary N) is 1. The lowest BCUT2D eigenvalue weighted by molar-refractivity contribution is -0.0946. The molecule has 0 aliphatic carbocycles. The van der Waals surface area contributed by atoms with Gasteiger partial charge in [-0.2, -0.15) is 0 Å². The van der Waals surface area contributed by atoms with Crippen molar-refractivity contribution in [3.8, 4) is 0 Å². The standard InChI is InChI=1S/C5H13N2O.BF4/c1-6-5(8-4)7(2)3;2-1(3,4)5/h6H,1-4H3;/q+1;-1. The molecule has 0 aromatic carbocycles. The maximum Gasteiger partial charge on any atom is 0.673 e. The molecule has 0 atom stereocenters. The number of nitrogens with zero attached hydrogens (tertiary/aromatic N) is 1. The van der Waals surface area contributed by atoms with E-state index in [9.17, 15) is 17.3 Å². The molecule has 0 aromatic rings. The van der Waals surface area contributed by atoms with Crippen molar-refractivity contribution in [3.05, 3.63) is 0 Å². The Labute approximate surface area is 74.5 Å². The van der Waals surface area contributed by atoms with E-state index in [1.807, 2.05) is 26.0 Å². The maximum atomic E-state index is 9.75. The van der Waals surface area contributed by atoms with E-state index in [-0.39, 0.29) is 0 Å². The van der Waals surface area contributed by atoms with Crippen LogP contribution in [0.5, 0.6) is 0 Å². The van der Waals surface area contributed by atoms with Crippen molar-refractivity contribution in [1.29, 1.82) is 0 Å². The van der Waals surface area contributed by atoms with Crippen LogP contribution < -0.4 is 5.32 Å². The average molecular weight is 204 g/mol. The number of halogens is 4. The minimum atomic E-state index is -6.00. The molecular formula is C5H13BF4N2O. The number of rotatable bonds is 0. The minimum Gasteiger partial charge on any atom is -0.418 e. The fourth-order valence-electron chi connectivity index (χ4n) is 0.508. The maximum absolute atomic E-state index is 9.75. The molecule has 0 aliphatic heterocycles. The van der Waals surface area contributed by atoms with Crippen molar-refractivity contribution >= 4 is 13.3 Å². The molecular weight excluding hydrogens is 191 g/mol. The summed E-state index contributed by atoms with van der Waals surface area (Å²) in [6.07, 6.45) is 0. The van der Waals surface area contributed by atoms with Gasteiger partial charge in [0.15, 0.2) is 0 Å². The summed E-state index contributed by atoms with van der Waals surface area (Å²) in [4.78, 5) is 1.86. The van der Waals surface area contributed by atoms with Crippen molar-refractivity contribution in [2.45, 2.75) is 0 Å². The van der Waals surface area contributed by atoms with Gasteiger partial charge in [-0.1, -0.05) is 0 Å². The number of urea groups is 1. The molecule has 0 heterocycles. The van der Waals surface area contributed by atoms with Crippen LogP contribution in [0, 0.1) is 0 Å². The topological polar surface area (TPSA) is 26.6 Å². The molecule has 0 saturated carbocycles. The van der Waals surface area contributed by atoms with Crippen molar-refractivity contribution in [2.24, 2.45) is 0 Å². The Bertz CT molecular complexity index is 153. The van der Waals surface area contributed by atoms with Gasteiger partial charge < -0.3 is 17.3 Å². The lowest BCUT2D eigenvalue weighted by Crippen LogP contribution is -2.32.